The smallest absolute Gasteiger partial charge is 0.822 e. The molecule has 0 N–H and O–H groups in total. The molecule has 0 amide bonds. The summed E-state index contributed by atoms with van der Waals surface area (Å²) in [6.45, 7) is 0. The van der Waals surface area contributed by atoms with E-state index in [1.54, 1.807) is 0 Å². The molecule has 0 aliphatic heterocycles. The summed E-state index contributed by atoms with van der Waals surface area (Å²) in [4.78, 5) is 25.6. The van der Waals surface area contributed by atoms with E-state index in [0.29, 0.717) is 0 Å². The summed E-state index contributed by atoms with van der Waals surface area (Å²) in [6.07, 6.45) is 0. The van der Waals surface area contributed by atoms with Crippen molar-refractivity contribution in [1.82, 2.24) is 0 Å². The van der Waals surface area contributed by atoms with Crippen LogP contribution in [0.15, 0.2) is 0 Å². The Morgan fingerprint density at radius 1 is 1.17 bits per heavy atom. The maximum atomic E-state index is 8.55. The quantitative estimate of drug-likeness (QED) is 0.450. The summed E-state index contributed by atoms with van der Waals surface area (Å²) < 4.78 is 8.55. The Morgan fingerprint density at radius 2 is 1.17 bits per heavy atom. The molecule has 0 spiro atoms. The zero-order valence-corrected chi connectivity index (χ0v) is 5.70. The van der Waals surface area contributed by atoms with Crippen LogP contribution in [0.1, 0.15) is 0 Å². The summed E-state index contributed by atoms with van der Waals surface area (Å²) >= 11 is 0. The van der Waals surface area contributed by atoms with Crippen LogP contribution in [0.4, 0.5) is 0 Å². The molecule has 0 aromatic rings. The molecular formula is IrO4P. The topological polar surface area (TPSA) is 86.2 Å². The van der Waals surface area contributed by atoms with E-state index in [4.69, 9.17) is 19.2 Å². The Balaban J connectivity index is 0. The molecule has 0 aliphatic rings. The fourth-order valence-corrected chi connectivity index (χ4v) is 0. The van der Waals surface area contributed by atoms with Crippen molar-refractivity contribution in [3.63, 3.8) is 0 Å². The second-order valence-corrected chi connectivity index (χ2v) is 1.34. The molecule has 0 aromatic heterocycles. The summed E-state index contributed by atoms with van der Waals surface area (Å²) in [5.74, 6) is 0. The van der Waals surface area contributed by atoms with Crippen molar-refractivity contribution in [3.05, 3.63) is 0 Å². The fourth-order valence-electron chi connectivity index (χ4n) is 0. The van der Waals surface area contributed by atoms with Crippen molar-refractivity contribution in [1.29, 1.82) is 0 Å². The van der Waals surface area contributed by atoms with Gasteiger partial charge in [-0.3, -0.25) is 0 Å². The molecule has 0 unspecified atom stereocenters. The molecule has 4 nitrogen and oxygen atoms in total. The van der Waals surface area contributed by atoms with Gasteiger partial charge < -0.3 is 19.2 Å². The summed E-state index contributed by atoms with van der Waals surface area (Å²) in [7, 11) is -5.39. The van der Waals surface area contributed by atoms with Gasteiger partial charge in [0.1, 0.15) is 0 Å². The molecule has 0 bridgehead atoms. The predicted octanol–water partition coefficient (Wildman–Crippen LogP) is -2.83. The number of phosphoric acid groups is 1. The molecule has 38 valence electrons. The minimum atomic E-state index is -5.39. The molecule has 0 saturated heterocycles. The SMILES string of the molecule is O=P([O-])([O-])[O-].[Ir+3]. The Hall–Kier alpha value is 0.759. The molecule has 0 fully saturated rings. The largest absolute Gasteiger partial charge is 3.00 e. The first kappa shape index (κ1) is 9.90. The van der Waals surface area contributed by atoms with Crippen LogP contribution in [0.3, 0.4) is 0 Å². The maximum Gasteiger partial charge on any atom is 3.00 e. The van der Waals surface area contributed by atoms with Crippen LogP contribution in [0.2, 0.25) is 0 Å². The molecule has 0 aromatic carbocycles. The van der Waals surface area contributed by atoms with E-state index in [2.05, 4.69) is 0 Å². The third-order valence-corrected chi connectivity index (χ3v) is 0. The Labute approximate surface area is 47.8 Å². The van der Waals surface area contributed by atoms with Gasteiger partial charge in [0.05, 0.1) is 0 Å². The van der Waals surface area contributed by atoms with Crippen LogP contribution in [-0.4, -0.2) is 0 Å². The van der Waals surface area contributed by atoms with Gasteiger partial charge in [-0.25, -0.2) is 0 Å². The van der Waals surface area contributed by atoms with Gasteiger partial charge in [0, 0.05) is 0 Å². The molecule has 0 aliphatic carbocycles. The molecule has 6 heteroatoms. The van der Waals surface area contributed by atoms with E-state index >= 15 is 0 Å². The van der Waals surface area contributed by atoms with E-state index in [0.717, 1.165) is 0 Å². The molecule has 0 atom stereocenters. The standard InChI is InChI=1S/Ir.H3O4P/c;1-5(2,3)4/h;(H3,1,2,3,4)/q+3;/p-3. The fraction of sp³-hybridized carbons (Fsp3) is 0. The van der Waals surface area contributed by atoms with Crippen LogP contribution >= 0.6 is 7.82 Å². The molecule has 6 heavy (non-hydrogen) atoms. The molecule has 0 heterocycles. The van der Waals surface area contributed by atoms with E-state index in [9.17, 15) is 0 Å². The van der Waals surface area contributed by atoms with Crippen molar-refractivity contribution >= 4 is 7.82 Å². The van der Waals surface area contributed by atoms with Crippen molar-refractivity contribution in [2.75, 3.05) is 0 Å². The molecule has 0 saturated carbocycles. The van der Waals surface area contributed by atoms with Gasteiger partial charge >= 0.3 is 20.1 Å². The first-order valence-electron chi connectivity index (χ1n) is 0.730. The monoisotopic (exact) mass is 288 g/mol. The predicted molar refractivity (Wildman–Crippen MR) is 7.61 cm³/mol. The van der Waals surface area contributed by atoms with Crippen LogP contribution in [0, 0.1) is 0 Å². The van der Waals surface area contributed by atoms with Gasteiger partial charge in [-0.05, 0) is 0 Å². The minimum Gasteiger partial charge on any atom is -0.822 e. The van der Waals surface area contributed by atoms with Crippen molar-refractivity contribution in [2.45, 2.75) is 0 Å². The van der Waals surface area contributed by atoms with Gasteiger partial charge in [-0.2, -0.15) is 7.82 Å². The maximum absolute atomic E-state index is 8.55. The van der Waals surface area contributed by atoms with Gasteiger partial charge in [0.25, 0.3) is 0 Å². The van der Waals surface area contributed by atoms with Crippen molar-refractivity contribution in [3.8, 4) is 0 Å². The second kappa shape index (κ2) is 2.86. The summed E-state index contributed by atoms with van der Waals surface area (Å²) in [6, 6.07) is 0. The van der Waals surface area contributed by atoms with Crippen molar-refractivity contribution < 1.29 is 39.4 Å². The molecular weight excluding hydrogens is 287 g/mol. The van der Waals surface area contributed by atoms with Crippen LogP contribution in [0.5, 0.6) is 0 Å². The third kappa shape index (κ3) is 117. The number of rotatable bonds is 0. The molecule has 0 radical (unpaired) electrons. The first-order chi connectivity index (χ1) is 2.00. The van der Waals surface area contributed by atoms with Crippen LogP contribution < -0.4 is 14.7 Å². The van der Waals surface area contributed by atoms with Gasteiger partial charge in [0.15, 0.2) is 0 Å². The normalized spacial score (nSPS) is 9.83. The Kier molecular flexibility index (Phi) is 4.71. The van der Waals surface area contributed by atoms with Gasteiger partial charge in [0.2, 0.25) is 0 Å². The van der Waals surface area contributed by atoms with E-state index in [-0.39, 0.29) is 20.1 Å². The van der Waals surface area contributed by atoms with E-state index in [1.807, 2.05) is 0 Å². The number of hydrogen-bond donors (Lipinski definition) is 0. The van der Waals surface area contributed by atoms with E-state index in [1.165, 1.54) is 0 Å². The minimum absolute atomic E-state index is 0. The van der Waals surface area contributed by atoms with E-state index < -0.39 is 7.82 Å². The zero-order valence-electron chi connectivity index (χ0n) is 2.41. The molecule has 0 rings (SSSR count). The van der Waals surface area contributed by atoms with Gasteiger partial charge in [-0.1, -0.05) is 0 Å². The second-order valence-electron chi connectivity index (χ2n) is 0.447. The van der Waals surface area contributed by atoms with Crippen LogP contribution in [0.25, 0.3) is 0 Å². The average molecular weight is 287 g/mol. The third-order valence-electron chi connectivity index (χ3n) is 0. The summed E-state index contributed by atoms with van der Waals surface area (Å²) in [5.41, 5.74) is 0. The number of hydrogen-bond acceptors (Lipinski definition) is 4. The van der Waals surface area contributed by atoms with Crippen LogP contribution in [-0.2, 0) is 24.7 Å². The van der Waals surface area contributed by atoms with Crippen molar-refractivity contribution in [2.24, 2.45) is 0 Å². The first-order valence-corrected chi connectivity index (χ1v) is 2.19. The average Bonchev–Trinajstić information content (AvgIpc) is 0.722. The Bertz CT molecular complexity index is 53.7. The Morgan fingerprint density at radius 3 is 1.17 bits per heavy atom. The zero-order chi connectivity index (χ0) is 4.50. The summed E-state index contributed by atoms with van der Waals surface area (Å²) in [5, 5.41) is 0. The van der Waals surface area contributed by atoms with Gasteiger partial charge in [-0.15, -0.1) is 0 Å².